The predicted octanol–water partition coefficient (Wildman–Crippen LogP) is -0.954. The molecule has 0 aromatic rings. The number of aliphatic hydroxyl groups is 1. The van der Waals surface area contributed by atoms with Crippen molar-refractivity contribution in [2.24, 2.45) is 0 Å². The van der Waals surface area contributed by atoms with E-state index in [0.717, 1.165) is 0 Å². The van der Waals surface area contributed by atoms with Crippen LogP contribution in [0.15, 0.2) is 0 Å². The second-order valence-electron chi connectivity index (χ2n) is 2.20. The first kappa shape index (κ1) is 10.9. The molecule has 5 nitrogen and oxygen atoms in total. The van der Waals surface area contributed by atoms with Gasteiger partial charge in [0.1, 0.15) is 0 Å². The lowest BCUT2D eigenvalue weighted by atomic mass is 10.3. The Kier molecular flexibility index (Phi) is 5.03. The van der Waals surface area contributed by atoms with Gasteiger partial charge in [0, 0.05) is 6.92 Å². The summed E-state index contributed by atoms with van der Waals surface area (Å²) in [5.74, 6) is -1.01. The van der Waals surface area contributed by atoms with Crippen LogP contribution in [0.5, 0.6) is 0 Å². The summed E-state index contributed by atoms with van der Waals surface area (Å²) < 4.78 is 4.50. The summed E-state index contributed by atoms with van der Waals surface area (Å²) >= 11 is 0. The van der Waals surface area contributed by atoms with E-state index in [0.29, 0.717) is 0 Å². The van der Waals surface area contributed by atoms with Crippen molar-refractivity contribution in [3.63, 3.8) is 0 Å². The molecule has 0 aromatic carbocycles. The molecule has 0 radical (unpaired) electrons. The van der Waals surface area contributed by atoms with Gasteiger partial charge in [-0.15, -0.1) is 0 Å². The highest BCUT2D eigenvalue weighted by Gasteiger charge is 2.15. The van der Waals surface area contributed by atoms with E-state index < -0.39 is 12.1 Å². The van der Waals surface area contributed by atoms with E-state index >= 15 is 0 Å². The third-order valence-electron chi connectivity index (χ3n) is 1.10. The smallest absolute Gasteiger partial charge is 0.336 e. The Morgan fingerprint density at radius 2 is 2.17 bits per heavy atom. The second-order valence-corrected chi connectivity index (χ2v) is 2.20. The van der Waals surface area contributed by atoms with Gasteiger partial charge in [0.2, 0.25) is 5.91 Å². The number of esters is 1. The van der Waals surface area contributed by atoms with Crippen LogP contribution in [0.1, 0.15) is 13.8 Å². The van der Waals surface area contributed by atoms with Crippen LogP contribution in [0.4, 0.5) is 0 Å². The maximum Gasteiger partial charge on any atom is 0.336 e. The average molecular weight is 175 g/mol. The van der Waals surface area contributed by atoms with Crippen molar-refractivity contribution >= 4 is 11.9 Å². The normalized spacial score (nSPS) is 11.9. The fourth-order valence-corrected chi connectivity index (χ4v) is 0.562. The van der Waals surface area contributed by atoms with E-state index in [1.807, 2.05) is 0 Å². The van der Waals surface area contributed by atoms with Gasteiger partial charge in [-0.25, -0.2) is 4.79 Å². The van der Waals surface area contributed by atoms with Gasteiger partial charge < -0.3 is 15.2 Å². The van der Waals surface area contributed by atoms with Crippen LogP contribution in [0.2, 0.25) is 0 Å². The monoisotopic (exact) mass is 175 g/mol. The highest BCUT2D eigenvalue weighted by atomic mass is 16.5. The van der Waals surface area contributed by atoms with Crippen molar-refractivity contribution in [1.29, 1.82) is 0 Å². The fourth-order valence-electron chi connectivity index (χ4n) is 0.562. The molecule has 0 aliphatic heterocycles. The molecular weight excluding hydrogens is 162 g/mol. The highest BCUT2D eigenvalue weighted by molar-refractivity contribution is 5.77. The molecule has 0 spiro atoms. The first-order valence-corrected chi connectivity index (χ1v) is 3.67. The Balaban J connectivity index is 3.63. The molecule has 1 atom stereocenters. The zero-order chi connectivity index (χ0) is 9.56. The molecule has 0 bridgehead atoms. The van der Waals surface area contributed by atoms with Gasteiger partial charge in [0.25, 0.3) is 0 Å². The molecule has 0 aliphatic carbocycles. The molecule has 0 aliphatic rings. The third-order valence-corrected chi connectivity index (χ3v) is 1.10. The van der Waals surface area contributed by atoms with Crippen LogP contribution in [-0.2, 0) is 14.3 Å². The maximum absolute atomic E-state index is 10.7. The van der Waals surface area contributed by atoms with E-state index in [9.17, 15) is 9.59 Å². The standard InChI is InChI=1S/C7H13NO4/c1-3-12-7(11)6(10)4-8-5(2)9/h6,10H,3-4H2,1-2H3,(H,8,9). The molecule has 0 heterocycles. The van der Waals surface area contributed by atoms with Crippen molar-refractivity contribution in [2.45, 2.75) is 20.0 Å². The number of carbonyl (C=O) groups excluding carboxylic acids is 2. The lowest BCUT2D eigenvalue weighted by Crippen LogP contribution is -2.36. The van der Waals surface area contributed by atoms with Crippen LogP contribution in [-0.4, -0.2) is 36.2 Å². The Hall–Kier alpha value is -1.10. The number of nitrogens with one attached hydrogen (secondary N) is 1. The first-order chi connectivity index (χ1) is 5.57. The van der Waals surface area contributed by atoms with Gasteiger partial charge in [0.05, 0.1) is 13.2 Å². The average Bonchev–Trinajstić information content (AvgIpc) is 2.00. The van der Waals surface area contributed by atoms with E-state index in [1.54, 1.807) is 6.92 Å². The minimum Gasteiger partial charge on any atom is -0.464 e. The van der Waals surface area contributed by atoms with Gasteiger partial charge in [-0.3, -0.25) is 4.79 Å². The molecular formula is C7H13NO4. The van der Waals surface area contributed by atoms with E-state index in [1.165, 1.54) is 6.92 Å². The van der Waals surface area contributed by atoms with Gasteiger partial charge in [-0.2, -0.15) is 0 Å². The van der Waals surface area contributed by atoms with Crippen molar-refractivity contribution in [2.75, 3.05) is 13.2 Å². The third kappa shape index (κ3) is 4.68. The Labute approximate surface area is 70.7 Å². The van der Waals surface area contributed by atoms with Crippen LogP contribution in [0.25, 0.3) is 0 Å². The quantitative estimate of drug-likeness (QED) is 0.540. The summed E-state index contributed by atoms with van der Waals surface area (Å²) in [5, 5.41) is 11.3. The Morgan fingerprint density at radius 1 is 1.58 bits per heavy atom. The molecule has 1 unspecified atom stereocenters. The molecule has 0 rings (SSSR count). The Morgan fingerprint density at radius 3 is 2.58 bits per heavy atom. The van der Waals surface area contributed by atoms with Crippen LogP contribution < -0.4 is 5.32 Å². The largest absolute Gasteiger partial charge is 0.464 e. The van der Waals surface area contributed by atoms with Crippen molar-refractivity contribution in [1.82, 2.24) is 5.32 Å². The van der Waals surface area contributed by atoms with E-state index in [2.05, 4.69) is 10.1 Å². The summed E-state index contributed by atoms with van der Waals surface area (Å²) in [6.07, 6.45) is -1.27. The van der Waals surface area contributed by atoms with Crippen molar-refractivity contribution in [3.8, 4) is 0 Å². The van der Waals surface area contributed by atoms with E-state index in [-0.39, 0.29) is 19.1 Å². The number of aliphatic hydroxyl groups excluding tert-OH is 1. The van der Waals surface area contributed by atoms with E-state index in [4.69, 9.17) is 5.11 Å². The zero-order valence-corrected chi connectivity index (χ0v) is 7.16. The van der Waals surface area contributed by atoms with Gasteiger partial charge in [-0.05, 0) is 6.92 Å². The SMILES string of the molecule is CCOC(=O)C(O)CNC(C)=O. The summed E-state index contributed by atoms with van der Waals surface area (Å²) in [5.41, 5.74) is 0. The molecule has 70 valence electrons. The minimum absolute atomic E-state index is 0.103. The summed E-state index contributed by atoms with van der Waals surface area (Å²) in [6.45, 7) is 3.06. The summed E-state index contributed by atoms with van der Waals surface area (Å²) in [7, 11) is 0. The van der Waals surface area contributed by atoms with Gasteiger partial charge in [-0.1, -0.05) is 0 Å². The lowest BCUT2D eigenvalue weighted by Gasteiger charge is -2.08. The minimum atomic E-state index is -1.27. The highest BCUT2D eigenvalue weighted by Crippen LogP contribution is 1.86. The van der Waals surface area contributed by atoms with Gasteiger partial charge in [0.15, 0.2) is 6.10 Å². The second kappa shape index (κ2) is 5.54. The fraction of sp³-hybridized carbons (Fsp3) is 0.714. The Bertz CT molecular complexity index is 169. The number of hydrogen-bond acceptors (Lipinski definition) is 4. The molecule has 0 saturated heterocycles. The van der Waals surface area contributed by atoms with Crippen molar-refractivity contribution < 1.29 is 19.4 Å². The number of rotatable bonds is 4. The van der Waals surface area contributed by atoms with Crippen LogP contribution >= 0.6 is 0 Å². The van der Waals surface area contributed by atoms with Gasteiger partial charge >= 0.3 is 5.97 Å². The van der Waals surface area contributed by atoms with Crippen LogP contribution in [0.3, 0.4) is 0 Å². The molecule has 1 amide bonds. The first-order valence-electron chi connectivity index (χ1n) is 3.67. The lowest BCUT2D eigenvalue weighted by molar-refractivity contribution is -0.152. The molecule has 12 heavy (non-hydrogen) atoms. The predicted molar refractivity (Wildman–Crippen MR) is 41.3 cm³/mol. The number of amides is 1. The van der Waals surface area contributed by atoms with Crippen LogP contribution in [0, 0.1) is 0 Å². The molecule has 5 heteroatoms. The number of ether oxygens (including phenoxy) is 1. The zero-order valence-electron chi connectivity index (χ0n) is 7.16. The number of carbonyl (C=O) groups is 2. The number of hydrogen-bond donors (Lipinski definition) is 2. The molecule has 2 N–H and O–H groups in total. The molecule has 0 fully saturated rings. The van der Waals surface area contributed by atoms with Crippen molar-refractivity contribution in [3.05, 3.63) is 0 Å². The maximum atomic E-state index is 10.7. The molecule has 0 aromatic heterocycles. The molecule has 0 saturated carbocycles. The topological polar surface area (TPSA) is 75.6 Å². The summed E-state index contributed by atoms with van der Waals surface area (Å²) in [6, 6.07) is 0. The summed E-state index contributed by atoms with van der Waals surface area (Å²) in [4.78, 5) is 21.1.